The van der Waals surface area contributed by atoms with Gasteiger partial charge in [0.15, 0.2) is 0 Å². The number of rotatable bonds is 3. The summed E-state index contributed by atoms with van der Waals surface area (Å²) in [6, 6.07) is -0.921. The molecule has 5 nitrogen and oxygen atoms in total. The van der Waals surface area contributed by atoms with E-state index < -0.39 is 22.0 Å². The van der Waals surface area contributed by atoms with Crippen molar-refractivity contribution in [2.75, 3.05) is 12.3 Å². The van der Waals surface area contributed by atoms with Crippen LogP contribution in [-0.2, 0) is 14.8 Å². The van der Waals surface area contributed by atoms with E-state index in [0.29, 0.717) is 13.0 Å². The minimum absolute atomic E-state index is 0.0729. The summed E-state index contributed by atoms with van der Waals surface area (Å²) >= 11 is 0. The second-order valence-corrected chi connectivity index (χ2v) is 6.20. The molecule has 1 N–H and O–H groups in total. The molecule has 6 heteroatoms. The fraction of sp³-hybridized carbons (Fsp3) is 0.889. The molecule has 0 radical (unpaired) electrons. The molecule has 0 aliphatic carbocycles. The van der Waals surface area contributed by atoms with Crippen LogP contribution < -0.4 is 0 Å². The maximum atomic E-state index is 11.7. The molecule has 0 bridgehead atoms. The summed E-state index contributed by atoms with van der Waals surface area (Å²) in [5, 5.41) is 9.02. The smallest absolute Gasteiger partial charge is 0.322 e. The van der Waals surface area contributed by atoms with E-state index in [4.69, 9.17) is 5.11 Å². The Bertz CT molecular complexity index is 336. The van der Waals surface area contributed by atoms with E-state index in [0.717, 1.165) is 10.7 Å². The molecule has 0 saturated carbocycles. The molecule has 0 unspecified atom stereocenters. The van der Waals surface area contributed by atoms with Gasteiger partial charge in [0, 0.05) is 6.54 Å². The van der Waals surface area contributed by atoms with Crippen LogP contribution in [0.15, 0.2) is 0 Å². The number of hydrogen-bond donors (Lipinski definition) is 1. The lowest BCUT2D eigenvalue weighted by Gasteiger charge is -2.33. The normalized spacial score (nSPS) is 23.9. The highest BCUT2D eigenvalue weighted by molar-refractivity contribution is 7.89. The van der Waals surface area contributed by atoms with Crippen molar-refractivity contribution in [1.29, 1.82) is 0 Å². The third-order valence-corrected chi connectivity index (χ3v) is 4.51. The Morgan fingerprint density at radius 3 is 2.33 bits per heavy atom. The van der Waals surface area contributed by atoms with E-state index in [1.54, 1.807) is 13.8 Å². The molecule has 1 aliphatic heterocycles. The topological polar surface area (TPSA) is 74.7 Å². The average Bonchev–Trinajstić information content (AvgIpc) is 2.06. The summed E-state index contributed by atoms with van der Waals surface area (Å²) < 4.78 is 24.5. The van der Waals surface area contributed by atoms with Crippen LogP contribution in [-0.4, -0.2) is 42.1 Å². The van der Waals surface area contributed by atoms with Crippen molar-refractivity contribution in [3.8, 4) is 0 Å². The van der Waals surface area contributed by atoms with Gasteiger partial charge >= 0.3 is 5.97 Å². The zero-order valence-corrected chi connectivity index (χ0v) is 9.83. The van der Waals surface area contributed by atoms with Crippen LogP contribution in [0, 0.1) is 5.92 Å². The van der Waals surface area contributed by atoms with E-state index in [9.17, 15) is 13.2 Å². The van der Waals surface area contributed by atoms with E-state index in [1.807, 2.05) is 0 Å². The molecule has 1 heterocycles. The minimum atomic E-state index is -3.36. The number of carboxylic acid groups (broad SMARTS) is 1. The van der Waals surface area contributed by atoms with Gasteiger partial charge < -0.3 is 5.11 Å². The molecule has 88 valence electrons. The van der Waals surface area contributed by atoms with Gasteiger partial charge in [0.05, 0.1) is 5.75 Å². The van der Waals surface area contributed by atoms with Gasteiger partial charge in [0.25, 0.3) is 0 Å². The van der Waals surface area contributed by atoms with Crippen LogP contribution in [0.2, 0.25) is 0 Å². The fourth-order valence-electron chi connectivity index (χ4n) is 1.86. The molecule has 1 atom stereocenters. The SMILES string of the molecule is CC(C)[C@@H](C(=O)O)N1CCCCS1(=O)=O. The van der Waals surface area contributed by atoms with Crippen LogP contribution in [0.3, 0.4) is 0 Å². The van der Waals surface area contributed by atoms with E-state index in [2.05, 4.69) is 0 Å². The third-order valence-electron chi connectivity index (χ3n) is 2.58. The third kappa shape index (κ3) is 2.69. The van der Waals surface area contributed by atoms with Crippen molar-refractivity contribution in [2.24, 2.45) is 5.92 Å². The van der Waals surface area contributed by atoms with Gasteiger partial charge in [-0.15, -0.1) is 0 Å². The Hall–Kier alpha value is -0.620. The van der Waals surface area contributed by atoms with Gasteiger partial charge in [-0.2, -0.15) is 4.31 Å². The highest BCUT2D eigenvalue weighted by Crippen LogP contribution is 2.21. The van der Waals surface area contributed by atoms with Crippen LogP contribution in [0.4, 0.5) is 0 Å². The summed E-state index contributed by atoms with van der Waals surface area (Å²) in [7, 11) is -3.36. The van der Waals surface area contributed by atoms with Crippen LogP contribution >= 0.6 is 0 Å². The number of nitrogens with zero attached hydrogens (tertiary/aromatic N) is 1. The van der Waals surface area contributed by atoms with Gasteiger partial charge in [-0.3, -0.25) is 4.79 Å². The summed E-state index contributed by atoms with van der Waals surface area (Å²) in [5.41, 5.74) is 0. The van der Waals surface area contributed by atoms with Gasteiger partial charge in [-0.05, 0) is 18.8 Å². The summed E-state index contributed by atoms with van der Waals surface area (Å²) in [4.78, 5) is 11.0. The lowest BCUT2D eigenvalue weighted by atomic mass is 10.0. The summed E-state index contributed by atoms with van der Waals surface area (Å²) in [6.45, 7) is 3.78. The van der Waals surface area contributed by atoms with Crippen LogP contribution in [0.5, 0.6) is 0 Å². The summed E-state index contributed by atoms with van der Waals surface area (Å²) in [6.07, 6.45) is 1.37. The molecule has 1 rings (SSSR count). The number of hydrogen-bond acceptors (Lipinski definition) is 3. The Morgan fingerprint density at radius 2 is 1.93 bits per heavy atom. The zero-order chi connectivity index (χ0) is 11.6. The Morgan fingerprint density at radius 1 is 1.33 bits per heavy atom. The largest absolute Gasteiger partial charge is 0.480 e. The first-order valence-corrected chi connectivity index (χ1v) is 6.69. The fourth-order valence-corrected chi connectivity index (χ4v) is 3.75. The zero-order valence-electron chi connectivity index (χ0n) is 9.01. The van der Waals surface area contributed by atoms with Crippen molar-refractivity contribution in [1.82, 2.24) is 4.31 Å². The highest BCUT2D eigenvalue weighted by atomic mass is 32.2. The predicted octanol–water partition coefficient (Wildman–Crippen LogP) is 0.521. The molecule has 0 aromatic heterocycles. The first-order valence-electron chi connectivity index (χ1n) is 5.08. The lowest BCUT2D eigenvalue weighted by molar-refractivity contribution is -0.143. The standard InChI is InChI=1S/C9H17NO4S/c1-7(2)8(9(11)12)10-5-3-4-6-15(10,13)14/h7-8H,3-6H2,1-2H3,(H,11,12)/t8-/m0/s1. The van der Waals surface area contributed by atoms with Crippen LogP contribution in [0.25, 0.3) is 0 Å². The van der Waals surface area contributed by atoms with Crippen molar-refractivity contribution in [2.45, 2.75) is 32.7 Å². The summed E-state index contributed by atoms with van der Waals surface area (Å²) in [5.74, 6) is -1.20. The molecule has 0 aromatic carbocycles. The first kappa shape index (κ1) is 12.4. The molecule has 15 heavy (non-hydrogen) atoms. The number of carbonyl (C=O) groups is 1. The molecule has 0 spiro atoms. The van der Waals surface area contributed by atoms with Crippen LogP contribution in [0.1, 0.15) is 26.7 Å². The lowest BCUT2D eigenvalue weighted by Crippen LogP contribution is -2.51. The molecule has 1 aliphatic rings. The molecular formula is C9H17NO4S. The quantitative estimate of drug-likeness (QED) is 0.774. The number of carboxylic acids is 1. The minimum Gasteiger partial charge on any atom is -0.480 e. The second kappa shape index (κ2) is 4.49. The van der Waals surface area contributed by atoms with Crippen molar-refractivity contribution in [3.63, 3.8) is 0 Å². The predicted molar refractivity (Wildman–Crippen MR) is 56.0 cm³/mol. The van der Waals surface area contributed by atoms with E-state index in [1.165, 1.54) is 0 Å². The van der Waals surface area contributed by atoms with Gasteiger partial charge in [-0.1, -0.05) is 13.8 Å². The highest BCUT2D eigenvalue weighted by Gasteiger charge is 2.38. The molecule has 1 fully saturated rings. The Labute approximate surface area is 90.1 Å². The van der Waals surface area contributed by atoms with E-state index in [-0.39, 0.29) is 11.7 Å². The van der Waals surface area contributed by atoms with Gasteiger partial charge in [0.2, 0.25) is 10.0 Å². The van der Waals surface area contributed by atoms with Crippen molar-refractivity contribution >= 4 is 16.0 Å². The first-order chi connectivity index (χ1) is 6.86. The Kier molecular flexibility index (Phi) is 3.72. The average molecular weight is 235 g/mol. The molecular weight excluding hydrogens is 218 g/mol. The monoisotopic (exact) mass is 235 g/mol. The van der Waals surface area contributed by atoms with Crippen molar-refractivity contribution < 1.29 is 18.3 Å². The molecule has 0 amide bonds. The van der Waals surface area contributed by atoms with Crippen molar-refractivity contribution in [3.05, 3.63) is 0 Å². The number of aliphatic carboxylic acids is 1. The Balaban J connectivity index is 2.96. The second-order valence-electron chi connectivity index (χ2n) is 4.16. The van der Waals surface area contributed by atoms with E-state index >= 15 is 0 Å². The molecule has 0 aromatic rings. The number of sulfonamides is 1. The van der Waals surface area contributed by atoms with Gasteiger partial charge in [-0.25, -0.2) is 8.42 Å². The maximum absolute atomic E-state index is 11.7. The van der Waals surface area contributed by atoms with Gasteiger partial charge in [0.1, 0.15) is 6.04 Å². The maximum Gasteiger partial charge on any atom is 0.322 e. The molecule has 1 saturated heterocycles.